The zero-order valence-corrected chi connectivity index (χ0v) is 11.9. The van der Waals surface area contributed by atoms with Gasteiger partial charge in [0.25, 0.3) is 0 Å². The second-order valence-electron chi connectivity index (χ2n) is 4.13. The van der Waals surface area contributed by atoms with E-state index in [9.17, 15) is 0 Å². The molecule has 1 aromatic rings. The third-order valence-corrected chi connectivity index (χ3v) is 3.60. The lowest BCUT2D eigenvalue weighted by Crippen LogP contribution is -2.12. The third-order valence-electron chi connectivity index (χ3n) is 2.02. The number of aromatic nitrogens is 1. The Balaban J connectivity index is 0.00000144. The van der Waals surface area contributed by atoms with Crippen molar-refractivity contribution in [2.45, 2.75) is 33.1 Å². The fourth-order valence-corrected chi connectivity index (χ4v) is 2.30. The minimum atomic E-state index is 0. The first kappa shape index (κ1) is 13.2. The zero-order valence-electron chi connectivity index (χ0n) is 8.76. The van der Waals surface area contributed by atoms with Crippen LogP contribution >= 0.6 is 35.3 Å². The minimum absolute atomic E-state index is 0. The Labute approximate surface area is 101 Å². The molecular formula is C9H17IN2S. The van der Waals surface area contributed by atoms with Gasteiger partial charge in [-0.15, -0.1) is 35.3 Å². The van der Waals surface area contributed by atoms with Crippen LogP contribution in [0.5, 0.6) is 0 Å². The molecule has 13 heavy (non-hydrogen) atoms. The van der Waals surface area contributed by atoms with E-state index in [0.29, 0.717) is 4.80 Å². The largest absolute Gasteiger partial charge is 0.324 e. The highest BCUT2D eigenvalue weighted by Gasteiger charge is 2.19. The summed E-state index contributed by atoms with van der Waals surface area (Å²) >= 11 is 1.58. The highest BCUT2D eigenvalue weighted by Crippen LogP contribution is 2.27. The molecule has 0 atom stereocenters. The number of nitrogens with one attached hydrogen (secondary N) is 1. The van der Waals surface area contributed by atoms with E-state index < -0.39 is 0 Å². The highest BCUT2D eigenvalue weighted by molar-refractivity contribution is 14.0. The quantitative estimate of drug-likeness (QED) is 0.714. The van der Waals surface area contributed by atoms with E-state index in [-0.39, 0.29) is 29.4 Å². The van der Waals surface area contributed by atoms with Crippen molar-refractivity contribution in [3.8, 4) is 0 Å². The third kappa shape index (κ3) is 2.56. The summed E-state index contributed by atoms with van der Waals surface area (Å²) in [6.07, 6.45) is 0. The molecule has 1 rings (SSSR count). The summed E-state index contributed by atoms with van der Waals surface area (Å²) in [5, 5.41) is 7.64. The lowest BCUT2D eigenvalue weighted by molar-refractivity contribution is 0.592. The van der Waals surface area contributed by atoms with Crippen molar-refractivity contribution in [3.05, 3.63) is 15.4 Å². The summed E-state index contributed by atoms with van der Waals surface area (Å²) < 4.78 is 1.94. The van der Waals surface area contributed by atoms with Gasteiger partial charge in [-0.3, -0.25) is 5.41 Å². The standard InChI is InChI=1S/C9H16N2S.HI/c1-6-7(9(2,3)4)12-8(10)11(6)5;/h10H,1-5H3;1H. The Morgan fingerprint density at radius 2 is 1.77 bits per heavy atom. The molecule has 0 spiro atoms. The van der Waals surface area contributed by atoms with Crippen molar-refractivity contribution in [3.63, 3.8) is 0 Å². The maximum Gasteiger partial charge on any atom is 0.182 e. The molecule has 4 heteroatoms. The molecule has 0 unspecified atom stereocenters. The van der Waals surface area contributed by atoms with Gasteiger partial charge in [-0.05, 0) is 12.3 Å². The minimum Gasteiger partial charge on any atom is -0.324 e. The first-order chi connectivity index (χ1) is 5.34. The molecule has 2 nitrogen and oxygen atoms in total. The average Bonchev–Trinajstić information content (AvgIpc) is 2.15. The van der Waals surface area contributed by atoms with Gasteiger partial charge in [0.1, 0.15) is 0 Å². The highest BCUT2D eigenvalue weighted by atomic mass is 127. The molecule has 0 radical (unpaired) electrons. The molecule has 1 aromatic heterocycles. The Kier molecular flexibility index (Phi) is 4.18. The molecule has 1 heterocycles. The molecule has 0 saturated heterocycles. The second kappa shape index (κ2) is 4.13. The predicted molar refractivity (Wildman–Crippen MR) is 68.0 cm³/mol. The molecule has 0 aliphatic heterocycles. The maximum absolute atomic E-state index is 7.64. The molecule has 1 N–H and O–H groups in total. The van der Waals surface area contributed by atoms with Gasteiger partial charge in [0.15, 0.2) is 4.80 Å². The number of hydrogen-bond donors (Lipinski definition) is 1. The van der Waals surface area contributed by atoms with E-state index in [2.05, 4.69) is 27.7 Å². The van der Waals surface area contributed by atoms with Crippen LogP contribution in [-0.4, -0.2) is 4.57 Å². The van der Waals surface area contributed by atoms with Crippen LogP contribution in [0, 0.1) is 12.3 Å². The van der Waals surface area contributed by atoms with Crippen LogP contribution in [0.2, 0.25) is 0 Å². The molecule has 0 bridgehead atoms. The van der Waals surface area contributed by atoms with E-state index in [1.807, 2.05) is 11.6 Å². The van der Waals surface area contributed by atoms with E-state index in [0.717, 1.165) is 0 Å². The maximum atomic E-state index is 7.64. The fourth-order valence-electron chi connectivity index (χ4n) is 1.24. The van der Waals surface area contributed by atoms with Gasteiger partial charge >= 0.3 is 0 Å². The number of nitrogens with zero attached hydrogens (tertiary/aromatic N) is 1. The molecule has 0 saturated carbocycles. The van der Waals surface area contributed by atoms with Crippen LogP contribution in [0.4, 0.5) is 0 Å². The summed E-state index contributed by atoms with van der Waals surface area (Å²) in [6.45, 7) is 8.64. The summed E-state index contributed by atoms with van der Waals surface area (Å²) in [7, 11) is 1.95. The Hall–Kier alpha value is 0.160. The zero-order chi connectivity index (χ0) is 9.52. The van der Waals surface area contributed by atoms with Crippen LogP contribution in [0.1, 0.15) is 31.3 Å². The number of rotatable bonds is 0. The van der Waals surface area contributed by atoms with Gasteiger partial charge in [0, 0.05) is 17.6 Å². The van der Waals surface area contributed by atoms with Gasteiger partial charge < -0.3 is 4.57 Å². The van der Waals surface area contributed by atoms with E-state index in [1.54, 1.807) is 11.3 Å². The first-order valence-electron chi connectivity index (χ1n) is 4.05. The number of halogens is 1. The van der Waals surface area contributed by atoms with Gasteiger partial charge in [-0.25, -0.2) is 0 Å². The summed E-state index contributed by atoms with van der Waals surface area (Å²) in [6, 6.07) is 0. The van der Waals surface area contributed by atoms with Crippen molar-refractivity contribution in [1.82, 2.24) is 4.57 Å². The normalized spacial score (nSPS) is 11.2. The van der Waals surface area contributed by atoms with Crippen molar-refractivity contribution in [2.24, 2.45) is 7.05 Å². The summed E-state index contributed by atoms with van der Waals surface area (Å²) in [5.41, 5.74) is 1.39. The van der Waals surface area contributed by atoms with Crippen molar-refractivity contribution in [2.75, 3.05) is 0 Å². The number of thiazole rings is 1. The second-order valence-corrected chi connectivity index (χ2v) is 5.13. The van der Waals surface area contributed by atoms with Crippen LogP contribution in [-0.2, 0) is 12.5 Å². The van der Waals surface area contributed by atoms with Gasteiger partial charge in [0.2, 0.25) is 0 Å². The summed E-state index contributed by atoms with van der Waals surface area (Å²) in [5.74, 6) is 0. The SMILES string of the molecule is Cc1c(C(C)(C)C)sc(=N)n1C.I. The Bertz CT molecular complexity index is 343. The van der Waals surface area contributed by atoms with E-state index >= 15 is 0 Å². The van der Waals surface area contributed by atoms with Crippen LogP contribution in [0.25, 0.3) is 0 Å². The lowest BCUT2D eigenvalue weighted by Gasteiger charge is -2.17. The first-order valence-corrected chi connectivity index (χ1v) is 4.87. The molecule has 0 aliphatic rings. The molecule has 0 aromatic carbocycles. The average molecular weight is 312 g/mol. The lowest BCUT2D eigenvalue weighted by atomic mass is 9.93. The molecule has 76 valence electrons. The van der Waals surface area contributed by atoms with Crippen molar-refractivity contribution >= 4 is 35.3 Å². The van der Waals surface area contributed by atoms with E-state index in [4.69, 9.17) is 5.41 Å². The van der Waals surface area contributed by atoms with Gasteiger partial charge in [-0.2, -0.15) is 0 Å². The van der Waals surface area contributed by atoms with Gasteiger partial charge in [-0.1, -0.05) is 20.8 Å². The summed E-state index contributed by atoms with van der Waals surface area (Å²) in [4.78, 5) is 1.95. The molecule has 0 aliphatic carbocycles. The monoisotopic (exact) mass is 312 g/mol. The van der Waals surface area contributed by atoms with Crippen molar-refractivity contribution < 1.29 is 0 Å². The molecule has 0 amide bonds. The van der Waals surface area contributed by atoms with Crippen LogP contribution < -0.4 is 4.80 Å². The number of hydrogen-bond acceptors (Lipinski definition) is 2. The Morgan fingerprint density at radius 1 is 1.31 bits per heavy atom. The fraction of sp³-hybridized carbons (Fsp3) is 0.667. The van der Waals surface area contributed by atoms with Crippen LogP contribution in [0.15, 0.2) is 0 Å². The van der Waals surface area contributed by atoms with E-state index in [1.165, 1.54) is 10.6 Å². The van der Waals surface area contributed by atoms with Crippen molar-refractivity contribution in [1.29, 1.82) is 5.41 Å². The molecular weight excluding hydrogens is 295 g/mol. The van der Waals surface area contributed by atoms with Gasteiger partial charge in [0.05, 0.1) is 0 Å². The predicted octanol–water partition coefficient (Wildman–Crippen LogP) is 2.79. The smallest absolute Gasteiger partial charge is 0.182 e. The Morgan fingerprint density at radius 3 is 1.92 bits per heavy atom. The van der Waals surface area contributed by atoms with Crippen LogP contribution in [0.3, 0.4) is 0 Å². The molecule has 0 fully saturated rings. The topological polar surface area (TPSA) is 28.8 Å².